The number of rotatable bonds is 2. The molecule has 0 saturated heterocycles. The molecule has 5 aromatic carbocycles. The first-order valence-corrected chi connectivity index (χ1v) is 10.6. The predicted octanol–water partition coefficient (Wildman–Crippen LogP) is 7.75. The molecular weight excluding hydrogens is 388 g/mol. The molecule has 0 aliphatic heterocycles. The van der Waals surface area contributed by atoms with Crippen molar-refractivity contribution < 1.29 is 0 Å². The number of nitrogens with zero attached hydrogens (tertiary/aromatic N) is 2. The maximum atomic E-state index is 9.23. The zero-order chi connectivity index (χ0) is 21.5. The number of pyridine rings is 1. The van der Waals surface area contributed by atoms with Crippen LogP contribution >= 0.6 is 0 Å². The largest absolute Gasteiger partial charge is 0.256 e. The smallest absolute Gasteiger partial charge is 0.0992 e. The first kappa shape index (κ1) is 18.3. The molecule has 6 rings (SSSR count). The third kappa shape index (κ3) is 2.92. The van der Waals surface area contributed by atoms with Gasteiger partial charge in [0.1, 0.15) is 0 Å². The Morgan fingerprint density at radius 3 is 1.78 bits per heavy atom. The molecular formula is C30H18N2. The third-order valence-electron chi connectivity index (χ3n) is 6.12. The molecule has 2 heteroatoms. The van der Waals surface area contributed by atoms with Crippen LogP contribution in [0.25, 0.3) is 54.7 Å². The van der Waals surface area contributed by atoms with Crippen LogP contribution in [0.4, 0.5) is 0 Å². The fraction of sp³-hybridized carbons (Fsp3) is 0. The molecule has 0 radical (unpaired) electrons. The van der Waals surface area contributed by atoms with E-state index in [1.807, 2.05) is 18.2 Å². The van der Waals surface area contributed by atoms with Crippen LogP contribution in [0.5, 0.6) is 0 Å². The Kier molecular flexibility index (Phi) is 4.20. The van der Waals surface area contributed by atoms with Crippen LogP contribution in [-0.4, -0.2) is 4.98 Å². The number of benzene rings is 5. The van der Waals surface area contributed by atoms with Crippen LogP contribution in [-0.2, 0) is 0 Å². The molecule has 0 N–H and O–H groups in total. The van der Waals surface area contributed by atoms with Crippen molar-refractivity contribution in [1.29, 1.82) is 5.26 Å². The van der Waals surface area contributed by atoms with E-state index in [0.717, 1.165) is 22.4 Å². The lowest BCUT2D eigenvalue weighted by Crippen LogP contribution is -1.87. The number of aromatic nitrogens is 1. The van der Waals surface area contributed by atoms with E-state index in [9.17, 15) is 5.26 Å². The van der Waals surface area contributed by atoms with Crippen molar-refractivity contribution in [2.75, 3.05) is 0 Å². The predicted molar refractivity (Wildman–Crippen MR) is 132 cm³/mol. The molecule has 1 heterocycles. The second-order valence-corrected chi connectivity index (χ2v) is 7.97. The summed E-state index contributed by atoms with van der Waals surface area (Å²) in [6.45, 7) is 0. The topological polar surface area (TPSA) is 36.7 Å². The van der Waals surface area contributed by atoms with Gasteiger partial charge in [-0.25, -0.2) is 0 Å². The summed E-state index contributed by atoms with van der Waals surface area (Å²) < 4.78 is 0. The summed E-state index contributed by atoms with van der Waals surface area (Å²) >= 11 is 0. The second-order valence-electron chi connectivity index (χ2n) is 7.97. The van der Waals surface area contributed by atoms with Crippen LogP contribution < -0.4 is 0 Å². The molecule has 148 valence electrons. The quantitative estimate of drug-likeness (QED) is 0.276. The van der Waals surface area contributed by atoms with Crippen LogP contribution in [0.2, 0.25) is 0 Å². The molecule has 6 aromatic rings. The average molecular weight is 406 g/mol. The zero-order valence-electron chi connectivity index (χ0n) is 17.3. The van der Waals surface area contributed by atoms with E-state index in [1.54, 1.807) is 12.3 Å². The number of hydrogen-bond donors (Lipinski definition) is 0. The van der Waals surface area contributed by atoms with Crippen molar-refractivity contribution >= 4 is 32.3 Å². The van der Waals surface area contributed by atoms with E-state index in [-0.39, 0.29) is 0 Å². The van der Waals surface area contributed by atoms with Gasteiger partial charge in [-0.05, 0) is 67.7 Å². The molecule has 0 fully saturated rings. The highest BCUT2D eigenvalue weighted by Crippen LogP contribution is 2.37. The van der Waals surface area contributed by atoms with Gasteiger partial charge in [-0.3, -0.25) is 4.98 Å². The Bertz CT molecular complexity index is 1650. The van der Waals surface area contributed by atoms with Gasteiger partial charge in [0.25, 0.3) is 0 Å². The lowest BCUT2D eigenvalue weighted by atomic mass is 9.91. The van der Waals surface area contributed by atoms with Gasteiger partial charge in [0.15, 0.2) is 0 Å². The van der Waals surface area contributed by atoms with Gasteiger partial charge >= 0.3 is 0 Å². The van der Waals surface area contributed by atoms with Crippen LogP contribution in [0.1, 0.15) is 5.56 Å². The lowest BCUT2D eigenvalue weighted by Gasteiger charge is -2.12. The Labute approximate surface area is 186 Å². The normalized spacial score (nSPS) is 11.1. The summed E-state index contributed by atoms with van der Waals surface area (Å²) in [5.74, 6) is 0. The fourth-order valence-electron chi connectivity index (χ4n) is 4.60. The summed E-state index contributed by atoms with van der Waals surface area (Å²) in [5, 5.41) is 16.9. The minimum absolute atomic E-state index is 0.615. The van der Waals surface area contributed by atoms with E-state index in [4.69, 9.17) is 0 Å². The lowest BCUT2D eigenvalue weighted by molar-refractivity contribution is 1.31. The number of hydrogen-bond acceptors (Lipinski definition) is 2. The van der Waals surface area contributed by atoms with Crippen LogP contribution in [0, 0.1) is 11.3 Å². The van der Waals surface area contributed by atoms with Gasteiger partial charge in [-0.1, -0.05) is 78.9 Å². The highest BCUT2D eigenvalue weighted by molar-refractivity contribution is 6.25. The first-order valence-electron chi connectivity index (χ1n) is 10.6. The monoisotopic (exact) mass is 406 g/mol. The summed E-state index contributed by atoms with van der Waals surface area (Å²) in [7, 11) is 0. The van der Waals surface area contributed by atoms with Crippen molar-refractivity contribution in [3.63, 3.8) is 0 Å². The minimum atomic E-state index is 0.615. The van der Waals surface area contributed by atoms with E-state index >= 15 is 0 Å². The maximum Gasteiger partial charge on any atom is 0.0992 e. The summed E-state index contributed by atoms with van der Waals surface area (Å²) in [4.78, 5) is 4.47. The Hall–Kier alpha value is -4.48. The van der Waals surface area contributed by atoms with Crippen LogP contribution in [0.3, 0.4) is 0 Å². The molecule has 0 saturated carbocycles. The van der Waals surface area contributed by atoms with Crippen molar-refractivity contribution in [2.45, 2.75) is 0 Å². The highest BCUT2D eigenvalue weighted by atomic mass is 14.7. The molecule has 0 unspecified atom stereocenters. The van der Waals surface area contributed by atoms with Gasteiger partial charge in [-0.2, -0.15) is 5.26 Å². The molecule has 0 bridgehead atoms. The SMILES string of the molecule is N#Cc1ccnc(-c2cccc(-c3ccc4c5ccccc5c5ccccc5c4c3)c2)c1. The molecule has 1 aromatic heterocycles. The van der Waals surface area contributed by atoms with Gasteiger partial charge in [0.2, 0.25) is 0 Å². The van der Waals surface area contributed by atoms with Crippen LogP contribution in [0.15, 0.2) is 109 Å². The number of fused-ring (bicyclic) bond motifs is 6. The highest BCUT2D eigenvalue weighted by Gasteiger charge is 2.10. The average Bonchev–Trinajstić information content (AvgIpc) is 2.88. The molecule has 0 amide bonds. The van der Waals surface area contributed by atoms with E-state index < -0.39 is 0 Å². The fourth-order valence-corrected chi connectivity index (χ4v) is 4.60. The molecule has 0 spiro atoms. The Morgan fingerprint density at radius 2 is 1.09 bits per heavy atom. The van der Waals surface area contributed by atoms with Crippen molar-refractivity contribution in [3.8, 4) is 28.5 Å². The summed E-state index contributed by atoms with van der Waals surface area (Å²) in [5.41, 5.74) is 4.72. The standard InChI is InChI=1S/C30H18N2/c31-19-20-14-15-32-30(16-20)23-7-5-6-21(17-23)22-12-13-28-26-10-2-1-8-24(26)25-9-3-4-11-27(25)29(28)18-22/h1-18H. The molecule has 0 aliphatic rings. The Morgan fingerprint density at radius 1 is 0.500 bits per heavy atom. The molecule has 0 aliphatic carbocycles. The summed E-state index contributed by atoms with van der Waals surface area (Å²) in [6, 6.07) is 38.1. The third-order valence-corrected chi connectivity index (χ3v) is 6.12. The molecule has 0 atom stereocenters. The molecule has 2 nitrogen and oxygen atoms in total. The molecule has 32 heavy (non-hydrogen) atoms. The number of nitriles is 1. The second kappa shape index (κ2) is 7.34. The van der Waals surface area contributed by atoms with Gasteiger partial charge in [0, 0.05) is 11.8 Å². The first-order chi connectivity index (χ1) is 15.8. The van der Waals surface area contributed by atoms with E-state index in [1.165, 1.54) is 32.3 Å². The summed E-state index contributed by atoms with van der Waals surface area (Å²) in [6.07, 6.45) is 1.69. The minimum Gasteiger partial charge on any atom is -0.256 e. The Balaban J connectivity index is 1.58. The van der Waals surface area contributed by atoms with Gasteiger partial charge < -0.3 is 0 Å². The van der Waals surface area contributed by atoms with E-state index in [0.29, 0.717) is 5.56 Å². The van der Waals surface area contributed by atoms with E-state index in [2.05, 4.69) is 89.9 Å². The maximum absolute atomic E-state index is 9.23. The van der Waals surface area contributed by atoms with Gasteiger partial charge in [0.05, 0.1) is 17.3 Å². The van der Waals surface area contributed by atoms with Crippen molar-refractivity contribution in [3.05, 3.63) is 115 Å². The van der Waals surface area contributed by atoms with Crippen molar-refractivity contribution in [1.82, 2.24) is 4.98 Å². The zero-order valence-corrected chi connectivity index (χ0v) is 17.3. The van der Waals surface area contributed by atoms with Crippen molar-refractivity contribution in [2.24, 2.45) is 0 Å². The van der Waals surface area contributed by atoms with Gasteiger partial charge in [-0.15, -0.1) is 0 Å².